The first-order valence-corrected chi connectivity index (χ1v) is 22.9. The van der Waals surface area contributed by atoms with Crippen molar-refractivity contribution in [1.82, 2.24) is 19.5 Å². The quantitative estimate of drug-likeness (QED) is 0.176. The van der Waals surface area contributed by atoms with Crippen molar-refractivity contribution >= 4 is 108 Å². The monoisotopic (exact) mass is 854 g/mol. The molecule has 308 valence electrons. The predicted octanol–water partition coefficient (Wildman–Crippen LogP) is 16.7. The summed E-state index contributed by atoms with van der Waals surface area (Å²) >= 11 is 1.84. The first-order valence-electron chi connectivity index (χ1n) is 22.1. The normalized spacial score (nSPS) is 11.9. The molecule has 0 aliphatic rings. The Hall–Kier alpha value is -8.13. The Morgan fingerprint density at radius 1 is 0.415 bits per heavy atom. The number of fused-ring (bicyclic) bond motifs is 14. The number of furan rings is 2. The summed E-state index contributed by atoms with van der Waals surface area (Å²) in [6.07, 6.45) is 1.25. The van der Waals surface area contributed by atoms with E-state index in [1.54, 1.807) is 0 Å². The molecule has 0 atom stereocenters. The Balaban J connectivity index is 0.00000138. The number of hydrogen-bond donors (Lipinski definition) is 0. The highest BCUT2D eigenvalue weighted by molar-refractivity contribution is 7.26. The van der Waals surface area contributed by atoms with Gasteiger partial charge in [0.1, 0.15) is 22.3 Å². The summed E-state index contributed by atoms with van der Waals surface area (Å²) in [6, 6.07) is 63.8. The van der Waals surface area contributed by atoms with Crippen LogP contribution in [0.3, 0.4) is 0 Å². The first kappa shape index (κ1) is 37.4. The van der Waals surface area contributed by atoms with Gasteiger partial charge in [0.15, 0.2) is 11.6 Å². The highest BCUT2D eigenvalue weighted by atomic mass is 32.1. The molecule has 0 saturated carbocycles. The van der Waals surface area contributed by atoms with Gasteiger partial charge in [0.25, 0.3) is 0 Å². The summed E-state index contributed by atoms with van der Waals surface area (Å²) in [5.41, 5.74) is 9.24. The van der Waals surface area contributed by atoms with Gasteiger partial charge in [0.05, 0.1) is 11.0 Å². The Labute approximate surface area is 376 Å². The average Bonchev–Trinajstić information content (AvgIpc) is 4.12. The summed E-state index contributed by atoms with van der Waals surface area (Å²) in [4.78, 5) is 16.1. The van der Waals surface area contributed by atoms with Crippen molar-refractivity contribution in [3.05, 3.63) is 182 Å². The Bertz CT molecular complexity index is 4080. The fourth-order valence-electron chi connectivity index (χ4n) is 9.66. The zero-order valence-corrected chi connectivity index (χ0v) is 36.4. The molecule has 0 saturated heterocycles. The summed E-state index contributed by atoms with van der Waals surface area (Å²) in [7, 11) is 0. The van der Waals surface area contributed by atoms with Gasteiger partial charge in [-0.15, -0.1) is 11.3 Å². The lowest BCUT2D eigenvalue weighted by molar-refractivity contribution is 0.668. The van der Waals surface area contributed by atoms with Crippen molar-refractivity contribution in [2.45, 2.75) is 20.3 Å². The second-order valence-electron chi connectivity index (χ2n) is 16.6. The van der Waals surface area contributed by atoms with Gasteiger partial charge in [-0.25, -0.2) is 4.98 Å². The van der Waals surface area contributed by atoms with Crippen molar-refractivity contribution in [2.24, 2.45) is 0 Å². The summed E-state index contributed by atoms with van der Waals surface area (Å²) in [5.74, 6) is 1.60. The van der Waals surface area contributed by atoms with Gasteiger partial charge in [-0.1, -0.05) is 160 Å². The number of rotatable bonds is 4. The Kier molecular flexibility index (Phi) is 8.48. The predicted molar refractivity (Wildman–Crippen MR) is 271 cm³/mol. The minimum absolute atomic E-state index is 0.520. The molecule has 5 heterocycles. The van der Waals surface area contributed by atoms with Gasteiger partial charge in [-0.2, -0.15) is 9.97 Å². The van der Waals surface area contributed by atoms with Crippen molar-refractivity contribution in [3.63, 3.8) is 0 Å². The number of benzene rings is 9. The van der Waals surface area contributed by atoms with E-state index in [0.717, 1.165) is 93.1 Å². The molecule has 14 rings (SSSR count). The van der Waals surface area contributed by atoms with Crippen LogP contribution in [-0.2, 0) is 0 Å². The number of aromatic nitrogens is 4. The van der Waals surface area contributed by atoms with Crippen LogP contribution >= 0.6 is 11.3 Å². The van der Waals surface area contributed by atoms with E-state index in [1.165, 1.54) is 32.2 Å². The van der Waals surface area contributed by atoms with Gasteiger partial charge in [0.2, 0.25) is 5.95 Å². The molecule has 0 spiro atoms. The van der Waals surface area contributed by atoms with Crippen molar-refractivity contribution in [3.8, 4) is 39.9 Å². The maximum atomic E-state index is 6.41. The second kappa shape index (κ2) is 14.7. The topological polar surface area (TPSA) is 69.9 Å². The van der Waals surface area contributed by atoms with Crippen LogP contribution in [0.25, 0.3) is 136 Å². The third kappa shape index (κ3) is 5.82. The molecule has 0 bridgehead atoms. The van der Waals surface area contributed by atoms with Crippen LogP contribution in [0, 0.1) is 0 Å². The van der Waals surface area contributed by atoms with Crippen molar-refractivity contribution in [1.29, 1.82) is 0 Å². The standard InChI is InChI=1S/C55H30N4O2S.C3H8/c1-2-12-34-31(11-1)23-28-42-40-16-9-17-41(44-19-10-18-43-39-15-5-8-22-49(39)62-52(43)44)51(40)59(50(34)42)55-57-53(32-24-26-37-35-13-3-6-20-45(35)60-47(37)29-32)56-54(58-55)33-25-27-38-36-14-4-7-21-46(36)61-48(38)30-33;1-3-2/h1-30H;3H2,1-2H3. The largest absolute Gasteiger partial charge is 0.456 e. The minimum atomic E-state index is 0.520. The van der Waals surface area contributed by atoms with Crippen LogP contribution in [-0.4, -0.2) is 19.5 Å². The highest BCUT2D eigenvalue weighted by Crippen LogP contribution is 2.45. The zero-order chi connectivity index (χ0) is 43.2. The van der Waals surface area contributed by atoms with Crippen molar-refractivity contribution in [2.75, 3.05) is 0 Å². The summed E-state index contributed by atoms with van der Waals surface area (Å²) in [6.45, 7) is 4.25. The molecule has 9 aromatic carbocycles. The van der Waals surface area contributed by atoms with E-state index in [2.05, 4.69) is 164 Å². The summed E-state index contributed by atoms with van der Waals surface area (Å²) in [5, 5.41) is 11.2. The highest BCUT2D eigenvalue weighted by Gasteiger charge is 2.24. The van der Waals surface area contributed by atoms with Crippen LogP contribution in [0.5, 0.6) is 0 Å². The van der Waals surface area contributed by atoms with Crippen LogP contribution in [0.4, 0.5) is 0 Å². The SMILES string of the molecule is CCC.c1ccc2c(c1)ccc1c3cccc(-c4cccc5c4sc4ccccc45)c3n(-c3nc(-c4ccc5c(c4)oc4ccccc45)nc(-c4ccc5c(c4)oc4ccccc45)n3)c21. The molecule has 0 aliphatic heterocycles. The molecule has 7 heteroatoms. The molecular weight excluding hydrogens is 817 g/mol. The number of nitrogens with zero attached hydrogens (tertiary/aromatic N) is 4. The number of para-hydroxylation sites is 3. The molecule has 0 fully saturated rings. The lowest BCUT2D eigenvalue weighted by Crippen LogP contribution is -2.07. The fourth-order valence-corrected chi connectivity index (χ4v) is 10.9. The number of hydrogen-bond acceptors (Lipinski definition) is 6. The lowest BCUT2D eigenvalue weighted by Gasteiger charge is -2.14. The first-order chi connectivity index (χ1) is 32.1. The molecule has 0 unspecified atom stereocenters. The molecule has 5 aromatic heterocycles. The van der Waals surface area contributed by atoms with E-state index in [4.69, 9.17) is 23.8 Å². The molecule has 0 radical (unpaired) electrons. The molecule has 6 nitrogen and oxygen atoms in total. The van der Waals surface area contributed by atoms with Gasteiger partial charge < -0.3 is 8.83 Å². The minimum Gasteiger partial charge on any atom is -0.456 e. The summed E-state index contributed by atoms with van der Waals surface area (Å²) < 4.78 is 17.6. The average molecular weight is 855 g/mol. The van der Waals surface area contributed by atoms with E-state index in [0.29, 0.717) is 17.6 Å². The molecule has 14 aromatic rings. The van der Waals surface area contributed by atoms with Crippen molar-refractivity contribution < 1.29 is 8.83 Å². The molecule has 65 heavy (non-hydrogen) atoms. The van der Waals surface area contributed by atoms with E-state index in [1.807, 2.05) is 47.7 Å². The smallest absolute Gasteiger partial charge is 0.238 e. The Morgan fingerprint density at radius 2 is 0.923 bits per heavy atom. The maximum Gasteiger partial charge on any atom is 0.238 e. The Morgan fingerprint density at radius 3 is 1.60 bits per heavy atom. The molecule has 0 amide bonds. The zero-order valence-electron chi connectivity index (χ0n) is 35.5. The van der Waals surface area contributed by atoms with Gasteiger partial charge >= 0.3 is 0 Å². The maximum absolute atomic E-state index is 6.41. The van der Waals surface area contributed by atoms with Crippen LogP contribution in [0.1, 0.15) is 20.3 Å². The molecular formula is C58H38N4O2S. The second-order valence-corrected chi connectivity index (χ2v) is 17.7. The van der Waals surface area contributed by atoms with Gasteiger partial charge in [-0.3, -0.25) is 4.57 Å². The molecule has 0 aliphatic carbocycles. The lowest BCUT2D eigenvalue weighted by atomic mass is 9.99. The van der Waals surface area contributed by atoms with Crippen LogP contribution in [0.2, 0.25) is 0 Å². The third-order valence-corrected chi connectivity index (χ3v) is 13.7. The van der Waals surface area contributed by atoms with E-state index >= 15 is 0 Å². The van der Waals surface area contributed by atoms with E-state index in [9.17, 15) is 0 Å². The molecule has 0 N–H and O–H groups in total. The van der Waals surface area contributed by atoms with E-state index in [-0.39, 0.29) is 0 Å². The van der Waals surface area contributed by atoms with E-state index < -0.39 is 0 Å². The van der Waals surface area contributed by atoms with Crippen LogP contribution in [0.15, 0.2) is 191 Å². The van der Waals surface area contributed by atoms with Gasteiger partial charge in [-0.05, 0) is 47.9 Å². The van der Waals surface area contributed by atoms with Gasteiger partial charge in [0, 0.05) is 80.1 Å². The fraction of sp³-hybridized carbons (Fsp3) is 0.0517. The third-order valence-electron chi connectivity index (χ3n) is 12.5. The number of thiophene rings is 1. The van der Waals surface area contributed by atoms with Crippen LogP contribution < -0.4 is 0 Å².